The van der Waals surface area contributed by atoms with E-state index in [-0.39, 0.29) is 39.3 Å². The van der Waals surface area contributed by atoms with Crippen LogP contribution in [0.25, 0.3) is 0 Å². The average Bonchev–Trinajstić information content (AvgIpc) is 2.83. The van der Waals surface area contributed by atoms with Crippen LogP contribution in [0.3, 0.4) is 0 Å². The van der Waals surface area contributed by atoms with Gasteiger partial charge in [0.05, 0.1) is 33.5 Å². The number of anilines is 1. The van der Waals surface area contributed by atoms with E-state index < -0.39 is 31.6 Å². The quantitative estimate of drug-likeness (QED) is 0.426. The summed E-state index contributed by atoms with van der Waals surface area (Å²) in [6.45, 7) is 7.13. The van der Waals surface area contributed by atoms with E-state index in [1.165, 1.54) is 43.5 Å². The molecule has 1 heterocycles. The number of hydrogen-bond donors (Lipinski definition) is 2. The van der Waals surface area contributed by atoms with Crippen molar-refractivity contribution in [2.24, 2.45) is 0 Å². The van der Waals surface area contributed by atoms with Gasteiger partial charge < -0.3 is 5.32 Å². The molecule has 1 aromatic heterocycles. The molecule has 2 aromatic carbocycles. The number of rotatable bonds is 9. The van der Waals surface area contributed by atoms with Gasteiger partial charge in [0.15, 0.2) is 9.84 Å². The number of aryl methyl sites for hydroxylation is 1. The molecule has 0 aliphatic rings. The van der Waals surface area contributed by atoms with Crippen LogP contribution in [0.15, 0.2) is 64.5 Å². The topological polar surface area (TPSA) is 122 Å². The molecular weight excluding hydrogens is 505 g/mol. The number of nitrogens with zero attached hydrogens (tertiary/aromatic N) is 1. The summed E-state index contributed by atoms with van der Waals surface area (Å²) in [4.78, 5) is 16.7. The summed E-state index contributed by atoms with van der Waals surface area (Å²) in [5.41, 5.74) is 1.65. The van der Waals surface area contributed by atoms with E-state index in [2.05, 4.69) is 15.0 Å². The molecule has 0 bridgehead atoms. The van der Waals surface area contributed by atoms with Crippen molar-refractivity contribution in [1.29, 1.82) is 0 Å². The number of sulfone groups is 1. The van der Waals surface area contributed by atoms with Gasteiger partial charge >= 0.3 is 0 Å². The molecule has 1 amide bonds. The molecule has 36 heavy (non-hydrogen) atoms. The number of carbonyl (C=O) groups excluding carboxylic acids is 1. The van der Waals surface area contributed by atoms with Gasteiger partial charge in [0, 0.05) is 11.8 Å². The molecule has 0 unspecified atom stereocenters. The van der Waals surface area contributed by atoms with Gasteiger partial charge in [-0.25, -0.2) is 21.2 Å². The molecule has 2 N–H and O–H groups in total. The maximum atomic E-state index is 14.8. The molecule has 0 radical (unpaired) electrons. The molecule has 3 aromatic rings. The lowest BCUT2D eigenvalue weighted by atomic mass is 10.0. The lowest BCUT2D eigenvalue weighted by Crippen LogP contribution is -2.23. The Bertz CT molecular complexity index is 1490. The van der Waals surface area contributed by atoms with Crippen molar-refractivity contribution in [3.05, 3.63) is 82.9 Å². The fourth-order valence-corrected chi connectivity index (χ4v) is 5.68. The van der Waals surface area contributed by atoms with E-state index in [0.29, 0.717) is 11.3 Å². The van der Waals surface area contributed by atoms with Crippen molar-refractivity contribution in [3.63, 3.8) is 0 Å². The van der Waals surface area contributed by atoms with Crippen LogP contribution in [0.1, 0.15) is 53.9 Å². The summed E-state index contributed by atoms with van der Waals surface area (Å²) in [6, 6.07) is 11.3. The zero-order valence-electron chi connectivity index (χ0n) is 20.4. The van der Waals surface area contributed by atoms with Gasteiger partial charge in [-0.3, -0.25) is 14.5 Å². The lowest BCUT2D eigenvalue weighted by molar-refractivity contribution is 0.0950. The highest BCUT2D eigenvalue weighted by molar-refractivity contribution is 7.92. The molecule has 0 atom stereocenters. The largest absolute Gasteiger partial charge is 0.346 e. The van der Waals surface area contributed by atoms with Crippen molar-refractivity contribution in [2.45, 2.75) is 49.9 Å². The Morgan fingerprint density at radius 1 is 1.03 bits per heavy atom. The van der Waals surface area contributed by atoms with Crippen LogP contribution in [0.2, 0.25) is 0 Å². The Morgan fingerprint density at radius 3 is 2.33 bits per heavy atom. The second-order valence-corrected chi connectivity index (χ2v) is 12.5. The van der Waals surface area contributed by atoms with Crippen LogP contribution >= 0.6 is 0 Å². The first-order valence-corrected chi connectivity index (χ1v) is 14.4. The third kappa shape index (κ3) is 6.27. The molecule has 0 spiro atoms. The maximum absolute atomic E-state index is 14.8. The van der Waals surface area contributed by atoms with E-state index in [9.17, 15) is 26.0 Å². The summed E-state index contributed by atoms with van der Waals surface area (Å²) >= 11 is 0. The van der Waals surface area contributed by atoms with Crippen molar-refractivity contribution >= 4 is 31.5 Å². The van der Waals surface area contributed by atoms with Gasteiger partial charge in [0.25, 0.3) is 15.9 Å². The van der Waals surface area contributed by atoms with Gasteiger partial charge in [-0.2, -0.15) is 0 Å². The Labute approximate surface area is 210 Å². The fourth-order valence-electron chi connectivity index (χ4n) is 3.44. The monoisotopic (exact) mass is 533 g/mol. The second-order valence-electron chi connectivity index (χ2n) is 8.57. The van der Waals surface area contributed by atoms with Crippen LogP contribution in [0, 0.1) is 12.7 Å². The zero-order valence-corrected chi connectivity index (χ0v) is 22.0. The molecule has 0 aliphatic carbocycles. The van der Waals surface area contributed by atoms with Gasteiger partial charge in [-0.1, -0.05) is 38.5 Å². The number of amides is 1. The summed E-state index contributed by atoms with van der Waals surface area (Å²) in [7, 11) is -7.44. The summed E-state index contributed by atoms with van der Waals surface area (Å²) in [5, 5.41) is 2.58. The minimum absolute atomic E-state index is 0.00725. The first-order valence-electron chi connectivity index (χ1n) is 11.2. The molecule has 0 saturated carbocycles. The predicted octanol–water partition coefficient (Wildman–Crippen LogP) is 4.18. The molecule has 0 saturated heterocycles. The van der Waals surface area contributed by atoms with Crippen molar-refractivity contribution in [1.82, 2.24) is 10.3 Å². The first kappa shape index (κ1) is 27.3. The van der Waals surface area contributed by atoms with Crippen LogP contribution in [0.5, 0.6) is 0 Å². The first-order chi connectivity index (χ1) is 16.8. The van der Waals surface area contributed by atoms with Crippen molar-refractivity contribution in [2.75, 3.05) is 10.5 Å². The van der Waals surface area contributed by atoms with Crippen molar-refractivity contribution in [3.8, 4) is 0 Å². The Balaban J connectivity index is 1.72. The van der Waals surface area contributed by atoms with E-state index in [0.717, 1.165) is 11.6 Å². The predicted molar refractivity (Wildman–Crippen MR) is 136 cm³/mol. The van der Waals surface area contributed by atoms with Crippen molar-refractivity contribution < 1.29 is 26.0 Å². The van der Waals surface area contributed by atoms with E-state index in [1.54, 1.807) is 12.1 Å². The normalized spacial score (nSPS) is 11.9. The zero-order chi connectivity index (χ0) is 26.7. The highest BCUT2D eigenvalue weighted by Crippen LogP contribution is 2.28. The van der Waals surface area contributed by atoms with E-state index >= 15 is 0 Å². The minimum Gasteiger partial charge on any atom is -0.346 e. The Hall–Kier alpha value is -3.31. The third-order valence-corrected chi connectivity index (χ3v) is 8.68. The molecule has 192 valence electrons. The van der Waals surface area contributed by atoms with E-state index in [4.69, 9.17) is 0 Å². The summed E-state index contributed by atoms with van der Waals surface area (Å²) in [6.07, 6.45) is 1.22. The molecule has 0 fully saturated rings. The summed E-state index contributed by atoms with van der Waals surface area (Å²) in [5.74, 6) is -1.62. The smallest absolute Gasteiger partial charge is 0.262 e. The highest BCUT2D eigenvalue weighted by atomic mass is 32.2. The number of sulfonamides is 1. The standard InChI is InChI=1S/C25H28FN3O5S2/c1-5-35(31,32)20-9-8-19(27-15-20)14-28-25(30)18-7-10-23(22(26)13-18)29-36(33,34)24-11-6-17(4)12-21(24)16(2)3/h6-13,15-16,29H,5,14H2,1-4H3,(H,28,30). The summed E-state index contributed by atoms with van der Waals surface area (Å²) < 4.78 is 66.7. The number of hydrogen-bond acceptors (Lipinski definition) is 6. The highest BCUT2D eigenvalue weighted by Gasteiger charge is 2.22. The number of benzene rings is 2. The minimum atomic E-state index is -4.07. The van der Waals surface area contributed by atoms with Crippen LogP contribution in [0.4, 0.5) is 10.1 Å². The Kier molecular flexibility index (Phi) is 8.15. The average molecular weight is 534 g/mol. The number of nitrogens with one attached hydrogen (secondary N) is 2. The van der Waals surface area contributed by atoms with Crippen LogP contribution in [-0.2, 0) is 26.4 Å². The SMILES string of the molecule is CCS(=O)(=O)c1ccc(CNC(=O)c2ccc(NS(=O)(=O)c3ccc(C)cc3C(C)C)c(F)c2)nc1. The molecule has 0 aliphatic heterocycles. The number of aromatic nitrogens is 1. The third-order valence-electron chi connectivity index (χ3n) is 5.52. The van der Waals surface area contributed by atoms with Crippen LogP contribution < -0.4 is 10.0 Å². The van der Waals surface area contributed by atoms with Gasteiger partial charge in [-0.05, 0) is 54.8 Å². The molecule has 8 nitrogen and oxygen atoms in total. The number of pyridine rings is 1. The maximum Gasteiger partial charge on any atom is 0.262 e. The van der Waals surface area contributed by atoms with Gasteiger partial charge in [-0.15, -0.1) is 0 Å². The van der Waals surface area contributed by atoms with Gasteiger partial charge in [0.1, 0.15) is 5.82 Å². The van der Waals surface area contributed by atoms with E-state index in [1.807, 2.05) is 20.8 Å². The number of halogens is 1. The molecule has 3 rings (SSSR count). The Morgan fingerprint density at radius 2 is 1.75 bits per heavy atom. The molecular formula is C25H28FN3O5S2. The second kappa shape index (κ2) is 10.8. The van der Waals surface area contributed by atoms with Crippen LogP contribution in [-0.4, -0.2) is 33.5 Å². The number of carbonyl (C=O) groups is 1. The fraction of sp³-hybridized carbons (Fsp3) is 0.280. The van der Waals surface area contributed by atoms with Gasteiger partial charge in [0.2, 0.25) is 0 Å². The lowest BCUT2D eigenvalue weighted by Gasteiger charge is -2.16. The molecule has 11 heteroatoms.